The van der Waals surface area contributed by atoms with E-state index < -0.39 is 0 Å². The molecule has 88 valence electrons. The zero-order chi connectivity index (χ0) is 11.3. The molecule has 2 atom stereocenters. The average Bonchev–Trinajstić information content (AvgIpc) is 2.95. The summed E-state index contributed by atoms with van der Waals surface area (Å²) in [6.07, 6.45) is 4.62. The zero-order valence-electron chi connectivity index (χ0n) is 9.66. The monoisotopic (exact) mass is 214 g/mol. The predicted octanol–water partition coefficient (Wildman–Crippen LogP) is 0.798. The fourth-order valence-electron chi connectivity index (χ4n) is 1.50. The molecule has 0 aliphatic heterocycles. The van der Waals surface area contributed by atoms with Crippen molar-refractivity contribution < 1.29 is 9.53 Å². The van der Waals surface area contributed by atoms with Crippen molar-refractivity contribution >= 4 is 5.91 Å². The van der Waals surface area contributed by atoms with E-state index in [4.69, 9.17) is 10.5 Å². The standard InChI is InChI=1S/C11H22N2O2/c1-3-4-8(2)15-7-10(11(12)14)13-9-5-6-9/h8-10,13H,3-7H2,1-2H3,(H2,12,14). The highest BCUT2D eigenvalue weighted by Gasteiger charge is 2.27. The molecule has 0 aromatic heterocycles. The molecule has 1 aliphatic carbocycles. The first-order valence-corrected chi connectivity index (χ1v) is 5.80. The Morgan fingerprint density at radius 1 is 1.60 bits per heavy atom. The van der Waals surface area contributed by atoms with Crippen LogP contribution in [0, 0.1) is 0 Å². The van der Waals surface area contributed by atoms with Crippen molar-refractivity contribution in [2.24, 2.45) is 5.73 Å². The second-order valence-electron chi connectivity index (χ2n) is 4.33. The van der Waals surface area contributed by atoms with Gasteiger partial charge in [-0.2, -0.15) is 0 Å². The normalized spacial score (nSPS) is 19.9. The number of rotatable bonds is 8. The molecule has 0 radical (unpaired) electrons. The van der Waals surface area contributed by atoms with E-state index in [0.717, 1.165) is 25.7 Å². The lowest BCUT2D eigenvalue weighted by molar-refractivity contribution is -0.122. The third-order valence-corrected chi connectivity index (χ3v) is 2.60. The van der Waals surface area contributed by atoms with Crippen molar-refractivity contribution in [3.8, 4) is 0 Å². The quantitative estimate of drug-likeness (QED) is 0.628. The lowest BCUT2D eigenvalue weighted by Gasteiger charge is -2.18. The van der Waals surface area contributed by atoms with E-state index in [1.165, 1.54) is 0 Å². The molecule has 1 fully saturated rings. The van der Waals surface area contributed by atoms with Crippen LogP contribution >= 0.6 is 0 Å². The molecule has 15 heavy (non-hydrogen) atoms. The molecule has 4 nitrogen and oxygen atoms in total. The molecule has 0 spiro atoms. The van der Waals surface area contributed by atoms with Crippen molar-refractivity contribution in [2.45, 2.75) is 57.7 Å². The number of amides is 1. The molecular weight excluding hydrogens is 192 g/mol. The highest BCUT2D eigenvalue weighted by molar-refractivity contribution is 5.80. The summed E-state index contributed by atoms with van der Waals surface area (Å²) in [5.41, 5.74) is 5.29. The van der Waals surface area contributed by atoms with Crippen molar-refractivity contribution in [1.82, 2.24) is 5.32 Å². The van der Waals surface area contributed by atoms with Gasteiger partial charge in [-0.05, 0) is 26.2 Å². The van der Waals surface area contributed by atoms with Crippen LogP contribution in [0.5, 0.6) is 0 Å². The van der Waals surface area contributed by atoms with Gasteiger partial charge in [-0.25, -0.2) is 0 Å². The van der Waals surface area contributed by atoms with Crippen LogP contribution in [0.4, 0.5) is 0 Å². The van der Waals surface area contributed by atoms with Gasteiger partial charge in [-0.3, -0.25) is 4.79 Å². The second kappa shape index (κ2) is 6.08. The van der Waals surface area contributed by atoms with Crippen LogP contribution < -0.4 is 11.1 Å². The van der Waals surface area contributed by atoms with E-state index in [1.807, 2.05) is 6.92 Å². The highest BCUT2D eigenvalue weighted by Crippen LogP contribution is 2.19. The fraction of sp³-hybridized carbons (Fsp3) is 0.909. The van der Waals surface area contributed by atoms with Crippen LogP contribution in [0.3, 0.4) is 0 Å². The maximum Gasteiger partial charge on any atom is 0.236 e. The minimum Gasteiger partial charge on any atom is -0.376 e. The van der Waals surface area contributed by atoms with Crippen LogP contribution in [-0.2, 0) is 9.53 Å². The summed E-state index contributed by atoms with van der Waals surface area (Å²) in [5.74, 6) is -0.314. The number of carbonyl (C=O) groups excluding carboxylic acids is 1. The van der Waals surface area contributed by atoms with Gasteiger partial charge in [0.25, 0.3) is 0 Å². The second-order valence-corrected chi connectivity index (χ2v) is 4.33. The first kappa shape index (κ1) is 12.5. The number of carbonyl (C=O) groups is 1. The van der Waals surface area contributed by atoms with E-state index in [0.29, 0.717) is 12.6 Å². The molecule has 1 aliphatic rings. The Morgan fingerprint density at radius 2 is 2.27 bits per heavy atom. The third-order valence-electron chi connectivity index (χ3n) is 2.60. The molecular formula is C11H22N2O2. The van der Waals surface area contributed by atoms with Crippen molar-refractivity contribution in [2.75, 3.05) is 6.61 Å². The Morgan fingerprint density at radius 3 is 2.73 bits per heavy atom. The Hall–Kier alpha value is -0.610. The average molecular weight is 214 g/mol. The topological polar surface area (TPSA) is 64.3 Å². The molecule has 0 aromatic rings. The summed E-state index contributed by atoms with van der Waals surface area (Å²) in [6.45, 7) is 4.54. The minimum atomic E-state index is -0.322. The molecule has 1 saturated carbocycles. The van der Waals surface area contributed by atoms with Gasteiger partial charge in [0.2, 0.25) is 5.91 Å². The van der Waals surface area contributed by atoms with E-state index in [-0.39, 0.29) is 18.1 Å². The summed E-state index contributed by atoms with van der Waals surface area (Å²) in [4.78, 5) is 11.1. The number of hydrogen-bond donors (Lipinski definition) is 2. The molecule has 1 amide bonds. The van der Waals surface area contributed by atoms with Gasteiger partial charge in [0, 0.05) is 6.04 Å². The fourth-order valence-corrected chi connectivity index (χ4v) is 1.50. The summed E-state index contributed by atoms with van der Waals surface area (Å²) >= 11 is 0. The number of nitrogens with two attached hydrogens (primary N) is 1. The highest BCUT2D eigenvalue weighted by atomic mass is 16.5. The van der Waals surface area contributed by atoms with Gasteiger partial charge >= 0.3 is 0 Å². The Kier molecular flexibility index (Phi) is 5.05. The van der Waals surface area contributed by atoms with Crippen LogP contribution in [0.2, 0.25) is 0 Å². The summed E-state index contributed by atoms with van der Waals surface area (Å²) in [5, 5.41) is 3.19. The van der Waals surface area contributed by atoms with E-state index in [1.54, 1.807) is 0 Å². The molecule has 0 heterocycles. The molecule has 3 N–H and O–H groups in total. The zero-order valence-corrected chi connectivity index (χ0v) is 9.66. The lowest BCUT2D eigenvalue weighted by atomic mass is 10.2. The molecule has 0 bridgehead atoms. The first-order chi connectivity index (χ1) is 7.13. The third kappa shape index (κ3) is 5.14. The molecule has 1 rings (SSSR count). The first-order valence-electron chi connectivity index (χ1n) is 5.80. The Labute approximate surface area is 91.5 Å². The molecule has 2 unspecified atom stereocenters. The molecule has 0 aromatic carbocycles. The molecule has 0 saturated heterocycles. The SMILES string of the molecule is CCCC(C)OCC(NC1CC1)C(N)=O. The number of ether oxygens (including phenoxy) is 1. The van der Waals surface area contributed by atoms with Crippen molar-refractivity contribution in [3.63, 3.8) is 0 Å². The van der Waals surface area contributed by atoms with E-state index >= 15 is 0 Å². The predicted molar refractivity (Wildman–Crippen MR) is 59.5 cm³/mol. The van der Waals surface area contributed by atoms with Crippen LogP contribution in [0.25, 0.3) is 0 Å². The summed E-state index contributed by atoms with van der Waals surface area (Å²) < 4.78 is 5.57. The van der Waals surface area contributed by atoms with Crippen molar-refractivity contribution in [3.05, 3.63) is 0 Å². The van der Waals surface area contributed by atoms with Gasteiger partial charge in [-0.1, -0.05) is 13.3 Å². The van der Waals surface area contributed by atoms with Gasteiger partial charge in [-0.15, -0.1) is 0 Å². The van der Waals surface area contributed by atoms with Crippen LogP contribution in [0.15, 0.2) is 0 Å². The van der Waals surface area contributed by atoms with Gasteiger partial charge in [0.05, 0.1) is 12.7 Å². The summed E-state index contributed by atoms with van der Waals surface area (Å²) in [7, 11) is 0. The smallest absolute Gasteiger partial charge is 0.236 e. The number of nitrogens with one attached hydrogen (secondary N) is 1. The van der Waals surface area contributed by atoms with E-state index in [9.17, 15) is 4.79 Å². The van der Waals surface area contributed by atoms with Gasteiger partial charge in [0.1, 0.15) is 6.04 Å². The van der Waals surface area contributed by atoms with E-state index in [2.05, 4.69) is 12.2 Å². The largest absolute Gasteiger partial charge is 0.376 e. The Bertz CT molecular complexity index is 205. The number of hydrogen-bond acceptors (Lipinski definition) is 3. The minimum absolute atomic E-state index is 0.206. The lowest BCUT2D eigenvalue weighted by Crippen LogP contribution is -2.46. The van der Waals surface area contributed by atoms with Crippen LogP contribution in [0.1, 0.15) is 39.5 Å². The van der Waals surface area contributed by atoms with Gasteiger partial charge < -0.3 is 15.8 Å². The summed E-state index contributed by atoms with van der Waals surface area (Å²) in [6, 6.07) is 0.157. The number of primary amides is 1. The molecule has 4 heteroatoms. The maximum absolute atomic E-state index is 11.1. The Balaban J connectivity index is 2.21. The van der Waals surface area contributed by atoms with Crippen molar-refractivity contribution in [1.29, 1.82) is 0 Å². The maximum atomic E-state index is 11.1. The van der Waals surface area contributed by atoms with Crippen LogP contribution in [-0.4, -0.2) is 30.7 Å². The van der Waals surface area contributed by atoms with Gasteiger partial charge in [0.15, 0.2) is 0 Å².